The normalized spacial score (nSPS) is 29.2. The number of rotatable bonds is 3. The Balaban J connectivity index is 2.03. The van der Waals surface area contributed by atoms with Gasteiger partial charge in [-0.15, -0.1) is 0 Å². The highest BCUT2D eigenvalue weighted by Crippen LogP contribution is 2.66. The predicted octanol–water partition coefficient (Wildman–Crippen LogP) is 5.20. The maximum Gasteiger partial charge on any atom is 0.308 e. The highest BCUT2D eigenvalue weighted by molar-refractivity contribution is 5.77. The molecule has 29 heavy (non-hydrogen) atoms. The second-order valence-corrected chi connectivity index (χ2v) is 10.0. The zero-order valence-corrected chi connectivity index (χ0v) is 18.4. The predicted molar refractivity (Wildman–Crippen MR) is 109 cm³/mol. The second kappa shape index (κ2) is 6.83. The van der Waals surface area contributed by atoms with Crippen molar-refractivity contribution in [3.05, 3.63) is 22.8 Å². The van der Waals surface area contributed by atoms with Crippen LogP contribution in [0.4, 0.5) is 0 Å². The highest BCUT2D eigenvalue weighted by atomic mass is 16.6. The summed E-state index contributed by atoms with van der Waals surface area (Å²) in [5.74, 6) is 0.609. The zero-order valence-electron chi connectivity index (χ0n) is 18.4. The number of ether oxygens (including phenoxy) is 3. The number of carbonyl (C=O) groups excluding carboxylic acids is 2. The lowest BCUT2D eigenvalue weighted by molar-refractivity contribution is -0.141. The van der Waals surface area contributed by atoms with Crippen molar-refractivity contribution in [2.24, 2.45) is 11.3 Å². The van der Waals surface area contributed by atoms with E-state index in [4.69, 9.17) is 14.2 Å². The summed E-state index contributed by atoms with van der Waals surface area (Å²) >= 11 is 0. The zero-order chi connectivity index (χ0) is 21.1. The summed E-state index contributed by atoms with van der Waals surface area (Å²) in [7, 11) is 0. The van der Waals surface area contributed by atoms with E-state index in [1.807, 2.05) is 0 Å². The fourth-order valence-corrected chi connectivity index (χ4v) is 6.16. The molecule has 1 saturated carbocycles. The fourth-order valence-electron chi connectivity index (χ4n) is 6.16. The van der Waals surface area contributed by atoms with Gasteiger partial charge in [0.15, 0.2) is 11.5 Å². The molecule has 5 rings (SSSR count). The minimum Gasteiger partial charge on any atom is -0.422 e. The third-order valence-corrected chi connectivity index (χ3v) is 7.30. The SMILES string of the molecule is CC(=O)Oc1c(C(C)C)cc2c(c1OC(C)=O)C13CCCC(C)(C)C1CC2OC3. The van der Waals surface area contributed by atoms with Crippen molar-refractivity contribution in [2.45, 2.75) is 84.7 Å². The molecule has 3 atom stereocenters. The van der Waals surface area contributed by atoms with Gasteiger partial charge in [-0.2, -0.15) is 0 Å². The van der Waals surface area contributed by atoms with Crippen molar-refractivity contribution in [3.63, 3.8) is 0 Å². The minimum absolute atomic E-state index is 0.00700. The Labute approximate surface area is 173 Å². The smallest absolute Gasteiger partial charge is 0.308 e. The number of carbonyl (C=O) groups is 2. The molecule has 4 aliphatic rings. The van der Waals surface area contributed by atoms with E-state index < -0.39 is 11.9 Å². The first kappa shape index (κ1) is 20.4. The Morgan fingerprint density at radius 1 is 1.10 bits per heavy atom. The molecule has 5 heteroatoms. The molecule has 0 N–H and O–H groups in total. The molecule has 158 valence electrons. The Kier molecular flexibility index (Phi) is 4.80. The molecule has 0 amide bonds. The highest BCUT2D eigenvalue weighted by Gasteiger charge is 2.60. The first-order chi connectivity index (χ1) is 13.6. The quantitative estimate of drug-likeness (QED) is 0.515. The summed E-state index contributed by atoms with van der Waals surface area (Å²) in [4.78, 5) is 24.1. The van der Waals surface area contributed by atoms with Crippen molar-refractivity contribution in [1.29, 1.82) is 0 Å². The van der Waals surface area contributed by atoms with E-state index in [2.05, 4.69) is 33.8 Å². The molecule has 0 aromatic heterocycles. The van der Waals surface area contributed by atoms with E-state index >= 15 is 0 Å². The van der Waals surface area contributed by atoms with Crippen molar-refractivity contribution in [3.8, 4) is 11.5 Å². The average Bonchev–Trinajstić information content (AvgIpc) is 2.61. The van der Waals surface area contributed by atoms with E-state index in [1.165, 1.54) is 20.3 Å². The van der Waals surface area contributed by atoms with E-state index in [-0.39, 0.29) is 22.9 Å². The van der Waals surface area contributed by atoms with Crippen LogP contribution in [-0.4, -0.2) is 18.5 Å². The van der Waals surface area contributed by atoms with Gasteiger partial charge in [0.1, 0.15) is 0 Å². The summed E-state index contributed by atoms with van der Waals surface area (Å²) in [5, 5.41) is 0. The van der Waals surface area contributed by atoms with Gasteiger partial charge in [-0.05, 0) is 48.1 Å². The van der Waals surface area contributed by atoms with Gasteiger partial charge >= 0.3 is 11.9 Å². The summed E-state index contributed by atoms with van der Waals surface area (Å²) in [6, 6.07) is 2.13. The van der Waals surface area contributed by atoms with Crippen molar-refractivity contribution < 1.29 is 23.8 Å². The molecule has 3 unspecified atom stereocenters. The Hall–Kier alpha value is -1.88. The molecule has 2 fully saturated rings. The van der Waals surface area contributed by atoms with E-state index in [9.17, 15) is 9.59 Å². The van der Waals surface area contributed by atoms with Gasteiger partial charge < -0.3 is 14.2 Å². The van der Waals surface area contributed by atoms with Crippen molar-refractivity contribution >= 4 is 11.9 Å². The van der Waals surface area contributed by atoms with Gasteiger partial charge in [-0.25, -0.2) is 0 Å². The molecule has 2 heterocycles. The Morgan fingerprint density at radius 2 is 1.76 bits per heavy atom. The van der Waals surface area contributed by atoms with Crippen LogP contribution in [0.5, 0.6) is 11.5 Å². The number of esters is 2. The van der Waals surface area contributed by atoms with Crippen LogP contribution in [0.15, 0.2) is 6.07 Å². The number of benzene rings is 1. The van der Waals surface area contributed by atoms with Crippen LogP contribution in [0.3, 0.4) is 0 Å². The average molecular weight is 401 g/mol. The van der Waals surface area contributed by atoms with Gasteiger partial charge in [0, 0.05) is 30.4 Å². The lowest BCUT2D eigenvalue weighted by Crippen LogP contribution is -2.57. The van der Waals surface area contributed by atoms with Crippen LogP contribution in [0.25, 0.3) is 0 Å². The molecule has 1 aromatic carbocycles. The minimum atomic E-state index is -0.407. The molecular formula is C24H32O5. The van der Waals surface area contributed by atoms with Crippen LogP contribution in [0.2, 0.25) is 0 Å². The third-order valence-electron chi connectivity index (χ3n) is 7.30. The molecule has 1 aromatic rings. The summed E-state index contributed by atoms with van der Waals surface area (Å²) < 4.78 is 17.8. The fraction of sp³-hybridized carbons (Fsp3) is 0.667. The van der Waals surface area contributed by atoms with Crippen LogP contribution >= 0.6 is 0 Å². The van der Waals surface area contributed by atoms with Crippen molar-refractivity contribution in [1.82, 2.24) is 0 Å². The Morgan fingerprint density at radius 3 is 2.38 bits per heavy atom. The summed E-state index contributed by atoms with van der Waals surface area (Å²) in [6.45, 7) is 12.2. The van der Waals surface area contributed by atoms with Crippen LogP contribution in [0.1, 0.15) is 95.9 Å². The maximum absolute atomic E-state index is 12.1. The number of fused-ring (bicyclic) bond motifs is 1. The monoisotopic (exact) mass is 400 g/mol. The van der Waals surface area contributed by atoms with Crippen LogP contribution in [-0.2, 0) is 19.7 Å². The second-order valence-electron chi connectivity index (χ2n) is 10.0. The van der Waals surface area contributed by atoms with Gasteiger partial charge in [-0.3, -0.25) is 9.59 Å². The maximum atomic E-state index is 12.1. The molecule has 5 nitrogen and oxygen atoms in total. The molecule has 2 aliphatic heterocycles. The lowest BCUT2D eigenvalue weighted by atomic mass is 9.48. The van der Waals surface area contributed by atoms with Gasteiger partial charge in [0.25, 0.3) is 0 Å². The number of hydrogen-bond donors (Lipinski definition) is 0. The van der Waals surface area contributed by atoms with E-state index in [0.717, 1.165) is 36.0 Å². The van der Waals surface area contributed by atoms with E-state index in [1.54, 1.807) is 0 Å². The van der Waals surface area contributed by atoms with Gasteiger partial charge in [-0.1, -0.05) is 34.1 Å². The summed E-state index contributed by atoms with van der Waals surface area (Å²) in [6.07, 6.45) is 4.27. The lowest BCUT2D eigenvalue weighted by Gasteiger charge is -2.60. The topological polar surface area (TPSA) is 61.8 Å². The molecule has 1 spiro atoms. The summed E-state index contributed by atoms with van der Waals surface area (Å²) in [5.41, 5.74) is 3.02. The molecule has 1 saturated heterocycles. The first-order valence-corrected chi connectivity index (χ1v) is 10.8. The van der Waals surface area contributed by atoms with Crippen LogP contribution < -0.4 is 9.47 Å². The number of hydrogen-bond acceptors (Lipinski definition) is 5. The third kappa shape index (κ3) is 3.09. The first-order valence-electron chi connectivity index (χ1n) is 10.8. The Bertz CT molecular complexity index is 869. The molecular weight excluding hydrogens is 368 g/mol. The van der Waals surface area contributed by atoms with E-state index in [0.29, 0.717) is 24.0 Å². The van der Waals surface area contributed by atoms with Crippen molar-refractivity contribution in [2.75, 3.05) is 6.61 Å². The van der Waals surface area contributed by atoms with Gasteiger partial charge in [0.05, 0.1) is 12.7 Å². The standard InChI is InChI=1S/C24H32O5/c1-13(2)16-10-17-18-11-19-23(5,6)8-7-9-24(19,12-27-18)20(17)22(29-15(4)26)21(16)28-14(3)25/h10,13,18-19H,7-9,11-12H2,1-6H3. The largest absolute Gasteiger partial charge is 0.422 e. The molecule has 0 radical (unpaired) electrons. The molecule has 2 aliphatic carbocycles. The molecule has 2 bridgehead atoms. The van der Waals surface area contributed by atoms with Gasteiger partial charge in [0.2, 0.25) is 0 Å². The van der Waals surface area contributed by atoms with Crippen LogP contribution in [0, 0.1) is 11.3 Å².